The summed E-state index contributed by atoms with van der Waals surface area (Å²) in [5.74, 6) is -0.0760. The van der Waals surface area contributed by atoms with Crippen LogP contribution in [0.15, 0.2) is 30.3 Å². The Morgan fingerprint density at radius 1 is 1.23 bits per heavy atom. The van der Waals surface area contributed by atoms with Gasteiger partial charge < -0.3 is 10.1 Å². The molecule has 2 amide bonds. The topological polar surface area (TPSA) is 80.3 Å². The Morgan fingerprint density at radius 3 is 2.59 bits per heavy atom. The Bertz CT molecular complexity index is 655. The van der Waals surface area contributed by atoms with E-state index >= 15 is 0 Å². The van der Waals surface area contributed by atoms with Crippen molar-refractivity contribution in [2.45, 2.75) is 19.8 Å². The van der Waals surface area contributed by atoms with Crippen molar-refractivity contribution in [2.75, 3.05) is 17.7 Å². The number of hydrogen-bond donors (Lipinski definition) is 2. The van der Waals surface area contributed by atoms with Crippen LogP contribution in [0, 0.1) is 0 Å². The van der Waals surface area contributed by atoms with E-state index in [0.717, 1.165) is 12.0 Å². The van der Waals surface area contributed by atoms with E-state index in [9.17, 15) is 9.59 Å². The number of ether oxygens (including phenoxy) is 1. The zero-order valence-electron chi connectivity index (χ0n) is 12.4. The summed E-state index contributed by atoms with van der Waals surface area (Å²) in [5, 5.41) is 6.35. The van der Waals surface area contributed by atoms with Gasteiger partial charge in [0.25, 0.3) is 0 Å². The molecule has 0 saturated heterocycles. The van der Waals surface area contributed by atoms with Crippen LogP contribution >= 0.6 is 11.3 Å². The second-order valence-electron chi connectivity index (χ2n) is 4.48. The molecule has 1 aromatic heterocycles. The molecule has 0 fully saturated rings. The summed E-state index contributed by atoms with van der Waals surface area (Å²) in [7, 11) is 1.28. The zero-order valence-corrected chi connectivity index (χ0v) is 13.2. The maximum absolute atomic E-state index is 11.8. The van der Waals surface area contributed by atoms with E-state index in [1.165, 1.54) is 18.4 Å². The minimum absolute atomic E-state index is 0.0760. The molecule has 0 spiro atoms. The van der Waals surface area contributed by atoms with E-state index in [4.69, 9.17) is 0 Å². The summed E-state index contributed by atoms with van der Waals surface area (Å²) in [5.41, 5.74) is 1.49. The molecule has 1 heterocycles. The largest absolute Gasteiger partial charge is 0.453 e. The Balaban J connectivity index is 2.32. The molecule has 22 heavy (non-hydrogen) atoms. The Labute approximate surface area is 132 Å². The van der Waals surface area contributed by atoms with Crippen LogP contribution in [-0.2, 0) is 9.53 Å². The van der Waals surface area contributed by atoms with Crippen LogP contribution in [0.5, 0.6) is 0 Å². The number of anilines is 2. The molecule has 0 atom stereocenters. The number of amides is 2. The summed E-state index contributed by atoms with van der Waals surface area (Å²) >= 11 is 1.20. The minimum atomic E-state index is -0.597. The quantitative estimate of drug-likeness (QED) is 0.880. The first-order valence-electron chi connectivity index (χ1n) is 6.85. The molecular weight excluding hydrogens is 302 g/mol. The average Bonchev–Trinajstić information content (AvgIpc) is 2.90. The van der Waals surface area contributed by atoms with Crippen molar-refractivity contribution in [3.8, 4) is 11.3 Å². The number of aromatic nitrogens is 1. The van der Waals surface area contributed by atoms with Crippen molar-refractivity contribution in [1.82, 2.24) is 4.98 Å². The van der Waals surface area contributed by atoms with E-state index in [0.29, 0.717) is 22.2 Å². The number of methoxy groups -OCH3 is 1. The van der Waals surface area contributed by atoms with Crippen LogP contribution in [0.4, 0.5) is 14.9 Å². The monoisotopic (exact) mass is 319 g/mol. The van der Waals surface area contributed by atoms with Gasteiger partial charge in [0, 0.05) is 12.0 Å². The van der Waals surface area contributed by atoms with Crippen LogP contribution in [0.2, 0.25) is 0 Å². The molecular formula is C15H17N3O3S. The predicted octanol–water partition coefficient (Wildman–Crippen LogP) is 3.73. The fraction of sp³-hybridized carbons (Fsp3) is 0.267. The number of nitrogens with one attached hydrogen (secondary N) is 2. The second-order valence-corrected chi connectivity index (χ2v) is 5.48. The number of thiazole rings is 1. The summed E-state index contributed by atoms with van der Waals surface area (Å²) in [4.78, 5) is 27.5. The lowest BCUT2D eigenvalue weighted by Gasteiger charge is -2.04. The van der Waals surface area contributed by atoms with Gasteiger partial charge in [0.05, 0.1) is 7.11 Å². The predicted molar refractivity (Wildman–Crippen MR) is 87.1 cm³/mol. The average molecular weight is 319 g/mol. The van der Waals surface area contributed by atoms with Crippen LogP contribution in [0.25, 0.3) is 11.3 Å². The third-order valence-electron chi connectivity index (χ3n) is 2.80. The molecule has 0 radical (unpaired) electrons. The molecule has 0 saturated carbocycles. The molecule has 2 rings (SSSR count). The van der Waals surface area contributed by atoms with Crippen molar-refractivity contribution < 1.29 is 14.3 Å². The molecule has 0 aliphatic heterocycles. The first-order chi connectivity index (χ1) is 10.6. The lowest BCUT2D eigenvalue weighted by Crippen LogP contribution is -2.10. The molecule has 0 unspecified atom stereocenters. The Morgan fingerprint density at radius 2 is 1.95 bits per heavy atom. The second kappa shape index (κ2) is 7.56. The summed E-state index contributed by atoms with van der Waals surface area (Å²) in [6.07, 6.45) is 0.601. The number of nitrogens with zero attached hydrogens (tertiary/aromatic N) is 1. The summed E-state index contributed by atoms with van der Waals surface area (Å²) in [6, 6.07) is 9.47. The standard InChI is InChI=1S/C15H17N3O3S/c1-3-7-11(19)16-13-12(10-8-5-4-6-9-10)17-14(22-13)18-15(20)21-2/h4-6,8-9H,3,7H2,1-2H3,(H,16,19)(H,17,18,20). The number of rotatable bonds is 5. The van der Waals surface area contributed by atoms with Gasteiger partial charge in [-0.1, -0.05) is 48.6 Å². The fourth-order valence-corrected chi connectivity index (χ4v) is 2.69. The van der Waals surface area contributed by atoms with Gasteiger partial charge in [-0.3, -0.25) is 10.1 Å². The van der Waals surface area contributed by atoms with E-state index < -0.39 is 6.09 Å². The maximum Gasteiger partial charge on any atom is 0.413 e. The van der Waals surface area contributed by atoms with E-state index in [-0.39, 0.29) is 5.91 Å². The molecule has 7 heteroatoms. The molecule has 6 nitrogen and oxygen atoms in total. The normalized spacial score (nSPS) is 10.1. The van der Waals surface area contributed by atoms with Crippen molar-refractivity contribution in [2.24, 2.45) is 0 Å². The molecule has 0 bridgehead atoms. The van der Waals surface area contributed by atoms with Gasteiger partial charge in [0.15, 0.2) is 5.13 Å². The highest BCUT2D eigenvalue weighted by Crippen LogP contribution is 2.36. The van der Waals surface area contributed by atoms with Crippen molar-refractivity contribution in [3.05, 3.63) is 30.3 Å². The molecule has 2 aromatic rings. The lowest BCUT2D eigenvalue weighted by molar-refractivity contribution is -0.116. The Kier molecular flexibility index (Phi) is 5.48. The molecule has 2 N–H and O–H groups in total. The molecule has 116 valence electrons. The maximum atomic E-state index is 11.8. The van der Waals surface area contributed by atoms with Gasteiger partial charge in [-0.05, 0) is 6.42 Å². The van der Waals surface area contributed by atoms with E-state index in [2.05, 4.69) is 20.4 Å². The highest BCUT2D eigenvalue weighted by Gasteiger charge is 2.16. The first-order valence-corrected chi connectivity index (χ1v) is 7.66. The number of carbonyl (C=O) groups is 2. The number of benzene rings is 1. The van der Waals surface area contributed by atoms with Gasteiger partial charge in [0.1, 0.15) is 10.7 Å². The Hall–Kier alpha value is -2.41. The van der Waals surface area contributed by atoms with Gasteiger partial charge in [-0.2, -0.15) is 0 Å². The fourth-order valence-electron chi connectivity index (χ4n) is 1.80. The van der Waals surface area contributed by atoms with Crippen LogP contribution < -0.4 is 10.6 Å². The van der Waals surface area contributed by atoms with Crippen LogP contribution in [0.1, 0.15) is 19.8 Å². The van der Waals surface area contributed by atoms with E-state index in [1.807, 2.05) is 37.3 Å². The highest BCUT2D eigenvalue weighted by molar-refractivity contribution is 7.20. The summed E-state index contributed by atoms with van der Waals surface area (Å²) in [6.45, 7) is 1.94. The lowest BCUT2D eigenvalue weighted by atomic mass is 10.1. The van der Waals surface area contributed by atoms with Crippen LogP contribution in [0.3, 0.4) is 0 Å². The molecule has 0 aliphatic rings. The third kappa shape index (κ3) is 4.05. The SMILES string of the molecule is CCCC(=O)Nc1sc(NC(=O)OC)nc1-c1ccccc1. The zero-order chi connectivity index (χ0) is 15.9. The van der Waals surface area contributed by atoms with Crippen LogP contribution in [-0.4, -0.2) is 24.1 Å². The third-order valence-corrected chi connectivity index (χ3v) is 3.69. The highest BCUT2D eigenvalue weighted by atomic mass is 32.1. The van der Waals surface area contributed by atoms with Gasteiger partial charge >= 0.3 is 6.09 Å². The van der Waals surface area contributed by atoms with Gasteiger partial charge in [-0.25, -0.2) is 9.78 Å². The minimum Gasteiger partial charge on any atom is -0.453 e. The van der Waals surface area contributed by atoms with Crippen molar-refractivity contribution in [1.29, 1.82) is 0 Å². The van der Waals surface area contributed by atoms with Crippen molar-refractivity contribution >= 4 is 33.5 Å². The van der Waals surface area contributed by atoms with Crippen molar-refractivity contribution in [3.63, 3.8) is 0 Å². The molecule has 1 aromatic carbocycles. The molecule has 0 aliphatic carbocycles. The van der Waals surface area contributed by atoms with Gasteiger partial charge in [0.2, 0.25) is 5.91 Å². The number of carbonyl (C=O) groups excluding carboxylic acids is 2. The first kappa shape index (κ1) is 16.0. The van der Waals surface area contributed by atoms with E-state index in [1.54, 1.807) is 0 Å². The summed E-state index contributed by atoms with van der Waals surface area (Å²) < 4.78 is 4.56. The van der Waals surface area contributed by atoms with Gasteiger partial charge in [-0.15, -0.1) is 0 Å². The number of hydrogen-bond acceptors (Lipinski definition) is 5. The smallest absolute Gasteiger partial charge is 0.413 e.